The van der Waals surface area contributed by atoms with Crippen molar-refractivity contribution in [3.63, 3.8) is 0 Å². The summed E-state index contributed by atoms with van der Waals surface area (Å²) in [5.74, 6) is -1.69. The first-order valence-corrected chi connectivity index (χ1v) is 10.8. The van der Waals surface area contributed by atoms with E-state index in [1.165, 1.54) is 19.4 Å². The van der Waals surface area contributed by atoms with Gasteiger partial charge in [0, 0.05) is 6.54 Å². The van der Waals surface area contributed by atoms with E-state index in [4.69, 9.17) is 32.7 Å². The molecule has 0 aliphatic rings. The molecule has 0 heterocycles. The van der Waals surface area contributed by atoms with Crippen LogP contribution in [0.5, 0.6) is 11.5 Å². The Kier molecular flexibility index (Phi) is 10.5. The number of nitrogens with zero attached hydrogens (tertiary/aromatic N) is 1. The largest absolute Gasteiger partial charge is 0.493 e. The number of hydrazone groups is 1. The molecule has 0 aliphatic heterocycles. The minimum absolute atomic E-state index is 0.157. The lowest BCUT2D eigenvalue weighted by Gasteiger charge is -2.13. The highest BCUT2D eigenvalue weighted by Gasteiger charge is 2.15. The highest BCUT2D eigenvalue weighted by molar-refractivity contribution is 6.35. The minimum Gasteiger partial charge on any atom is -0.493 e. The van der Waals surface area contributed by atoms with Gasteiger partial charge in [0.25, 0.3) is 5.91 Å². The van der Waals surface area contributed by atoms with Crippen molar-refractivity contribution in [1.82, 2.24) is 10.7 Å². The van der Waals surface area contributed by atoms with Gasteiger partial charge in [-0.25, -0.2) is 5.43 Å². The average molecular weight is 495 g/mol. The molecule has 0 radical (unpaired) electrons. The van der Waals surface area contributed by atoms with Crippen molar-refractivity contribution in [2.45, 2.75) is 19.8 Å². The van der Waals surface area contributed by atoms with Gasteiger partial charge < -0.3 is 20.1 Å². The van der Waals surface area contributed by atoms with Gasteiger partial charge >= 0.3 is 11.8 Å². The van der Waals surface area contributed by atoms with Crippen molar-refractivity contribution in [2.75, 3.05) is 25.6 Å². The number of amides is 3. The highest BCUT2D eigenvalue weighted by Crippen LogP contribution is 2.36. The lowest BCUT2D eigenvalue weighted by molar-refractivity contribution is -0.139. The van der Waals surface area contributed by atoms with E-state index in [1.807, 2.05) is 6.92 Å². The standard InChI is InChI=1S/C22H24Cl2N4O5/c1-3-4-9-25-21(30)22(31)28-26-12-14-10-16(24)20(18(11-14)32-2)33-13-19(29)27-17-8-6-5-7-15(17)23/h5-8,10-12H,3-4,9,13H2,1-2H3,(H,25,30)(H,27,29)(H,28,31)/b26-12-. The number of rotatable bonds is 10. The summed E-state index contributed by atoms with van der Waals surface area (Å²) in [6.07, 6.45) is 2.96. The van der Waals surface area contributed by atoms with E-state index in [-0.39, 0.29) is 23.1 Å². The molecule has 3 amide bonds. The SMILES string of the molecule is CCCCNC(=O)C(=O)N/N=C\c1cc(Cl)c(OCC(=O)Nc2ccccc2Cl)c(OC)c1. The number of carbonyl (C=O) groups excluding carboxylic acids is 3. The molecule has 0 fully saturated rings. The lowest BCUT2D eigenvalue weighted by Crippen LogP contribution is -2.38. The minimum atomic E-state index is -0.884. The number of benzene rings is 2. The fourth-order valence-corrected chi connectivity index (χ4v) is 2.97. The van der Waals surface area contributed by atoms with Crippen molar-refractivity contribution in [3.05, 3.63) is 52.0 Å². The van der Waals surface area contributed by atoms with Gasteiger partial charge in [-0.15, -0.1) is 0 Å². The summed E-state index contributed by atoms with van der Waals surface area (Å²) in [4.78, 5) is 35.5. The molecule has 0 bridgehead atoms. The Morgan fingerprint density at radius 1 is 1.09 bits per heavy atom. The van der Waals surface area contributed by atoms with Gasteiger partial charge in [-0.2, -0.15) is 5.10 Å². The number of hydrogen-bond donors (Lipinski definition) is 3. The molecule has 0 spiro atoms. The van der Waals surface area contributed by atoms with E-state index >= 15 is 0 Å². The molecule has 0 aliphatic carbocycles. The third-order valence-corrected chi connectivity index (χ3v) is 4.76. The molecule has 33 heavy (non-hydrogen) atoms. The van der Waals surface area contributed by atoms with Crippen LogP contribution >= 0.6 is 23.2 Å². The molecule has 3 N–H and O–H groups in total. The van der Waals surface area contributed by atoms with Gasteiger partial charge in [0.15, 0.2) is 18.1 Å². The lowest BCUT2D eigenvalue weighted by atomic mass is 10.2. The van der Waals surface area contributed by atoms with Crippen molar-refractivity contribution in [3.8, 4) is 11.5 Å². The van der Waals surface area contributed by atoms with Crippen LogP contribution in [0.3, 0.4) is 0 Å². The highest BCUT2D eigenvalue weighted by atomic mass is 35.5. The predicted molar refractivity (Wildman–Crippen MR) is 127 cm³/mol. The van der Waals surface area contributed by atoms with Crippen LogP contribution in [0.1, 0.15) is 25.3 Å². The smallest absolute Gasteiger partial charge is 0.329 e. The number of nitrogens with one attached hydrogen (secondary N) is 3. The molecule has 0 unspecified atom stereocenters. The molecule has 2 aromatic rings. The summed E-state index contributed by atoms with van der Waals surface area (Å²) in [5, 5.41) is 9.43. The quantitative estimate of drug-likeness (QED) is 0.202. The zero-order chi connectivity index (χ0) is 24.2. The van der Waals surface area contributed by atoms with Gasteiger partial charge in [-0.3, -0.25) is 14.4 Å². The molecule has 176 valence electrons. The average Bonchev–Trinajstić information content (AvgIpc) is 2.79. The Labute approximate surface area is 201 Å². The number of unbranched alkanes of at least 4 members (excludes halogenated alkanes) is 1. The third-order valence-electron chi connectivity index (χ3n) is 4.15. The summed E-state index contributed by atoms with van der Waals surface area (Å²) in [7, 11) is 1.41. The molecule has 0 saturated heterocycles. The van der Waals surface area contributed by atoms with E-state index in [0.717, 1.165) is 12.8 Å². The van der Waals surface area contributed by atoms with Crippen LogP contribution in [0.15, 0.2) is 41.5 Å². The molecule has 9 nitrogen and oxygen atoms in total. The van der Waals surface area contributed by atoms with E-state index in [9.17, 15) is 14.4 Å². The maximum Gasteiger partial charge on any atom is 0.329 e. The first-order chi connectivity index (χ1) is 15.8. The number of halogens is 2. The van der Waals surface area contributed by atoms with Crippen LogP contribution in [-0.4, -0.2) is 44.2 Å². The Morgan fingerprint density at radius 3 is 2.55 bits per heavy atom. The monoisotopic (exact) mass is 494 g/mol. The summed E-state index contributed by atoms with van der Waals surface area (Å²) in [6, 6.07) is 9.85. The van der Waals surface area contributed by atoms with Crippen molar-refractivity contribution < 1.29 is 23.9 Å². The number of anilines is 1. The van der Waals surface area contributed by atoms with Gasteiger partial charge in [0.1, 0.15) is 0 Å². The van der Waals surface area contributed by atoms with Crippen LogP contribution in [0, 0.1) is 0 Å². The normalized spacial score (nSPS) is 10.5. The van der Waals surface area contributed by atoms with E-state index < -0.39 is 17.7 Å². The zero-order valence-corrected chi connectivity index (χ0v) is 19.6. The van der Waals surface area contributed by atoms with Crippen LogP contribution in [0.25, 0.3) is 0 Å². The molecular formula is C22H24Cl2N4O5. The zero-order valence-electron chi connectivity index (χ0n) is 18.1. The Morgan fingerprint density at radius 2 is 1.85 bits per heavy atom. The van der Waals surface area contributed by atoms with E-state index in [0.29, 0.717) is 22.8 Å². The maximum atomic E-state index is 12.2. The Hall–Kier alpha value is -3.30. The second-order valence-electron chi connectivity index (χ2n) is 6.66. The summed E-state index contributed by atoms with van der Waals surface area (Å²) in [6.45, 7) is 2.05. The molecule has 0 atom stereocenters. The second kappa shape index (κ2) is 13.3. The molecule has 11 heteroatoms. The van der Waals surface area contributed by atoms with Crippen LogP contribution in [0.4, 0.5) is 5.69 Å². The second-order valence-corrected chi connectivity index (χ2v) is 7.47. The van der Waals surface area contributed by atoms with Gasteiger partial charge in [-0.1, -0.05) is 48.7 Å². The first-order valence-electron chi connectivity index (χ1n) is 10.0. The van der Waals surface area contributed by atoms with Crippen molar-refractivity contribution in [2.24, 2.45) is 5.10 Å². The predicted octanol–water partition coefficient (Wildman–Crippen LogP) is 3.39. The molecule has 2 rings (SSSR count). The Balaban J connectivity index is 1.97. The summed E-state index contributed by atoms with van der Waals surface area (Å²) in [5.41, 5.74) is 3.06. The van der Waals surface area contributed by atoms with Crippen LogP contribution in [-0.2, 0) is 14.4 Å². The van der Waals surface area contributed by atoms with Gasteiger partial charge in [0.05, 0.1) is 29.1 Å². The maximum absolute atomic E-state index is 12.2. The summed E-state index contributed by atoms with van der Waals surface area (Å²) >= 11 is 12.3. The van der Waals surface area contributed by atoms with Gasteiger partial charge in [0.2, 0.25) is 0 Å². The Bertz CT molecular complexity index is 1030. The fraction of sp³-hybridized carbons (Fsp3) is 0.273. The van der Waals surface area contributed by atoms with Gasteiger partial charge in [-0.05, 0) is 36.2 Å². The third kappa shape index (κ3) is 8.28. The molecule has 0 aromatic heterocycles. The number of methoxy groups -OCH3 is 1. The molecule has 2 aromatic carbocycles. The summed E-state index contributed by atoms with van der Waals surface area (Å²) < 4.78 is 10.8. The van der Waals surface area contributed by atoms with Crippen molar-refractivity contribution in [1.29, 1.82) is 0 Å². The fourth-order valence-electron chi connectivity index (χ4n) is 2.52. The van der Waals surface area contributed by atoms with E-state index in [2.05, 4.69) is 21.2 Å². The van der Waals surface area contributed by atoms with E-state index in [1.54, 1.807) is 30.3 Å². The number of ether oxygens (including phenoxy) is 2. The molecule has 0 saturated carbocycles. The topological polar surface area (TPSA) is 118 Å². The van der Waals surface area contributed by atoms with Crippen molar-refractivity contribution >= 4 is 52.8 Å². The number of carbonyl (C=O) groups is 3. The van der Waals surface area contributed by atoms with Crippen LogP contribution < -0.4 is 25.5 Å². The molecular weight excluding hydrogens is 471 g/mol. The van der Waals surface area contributed by atoms with Crippen LogP contribution in [0.2, 0.25) is 10.0 Å². The number of hydrogen-bond acceptors (Lipinski definition) is 6. The number of para-hydroxylation sites is 1. The first kappa shape index (κ1) is 26.0.